The average Bonchev–Trinajstić information content (AvgIpc) is 2.48. The van der Waals surface area contributed by atoms with Crippen molar-refractivity contribution in [2.24, 2.45) is 0 Å². The number of rotatable bonds is 4. The van der Waals surface area contributed by atoms with Crippen LogP contribution in [0.3, 0.4) is 0 Å². The number of carbonyl (C=O) groups excluding carboxylic acids is 1. The molecule has 0 aliphatic carbocycles. The SMILES string of the molecule is CNC(=O)Nc1cc(C)ccc1COc1ccc(C)cc1C. The first kappa shape index (κ1) is 15.9. The summed E-state index contributed by atoms with van der Waals surface area (Å²) in [6, 6.07) is 11.8. The van der Waals surface area contributed by atoms with Gasteiger partial charge < -0.3 is 15.4 Å². The molecule has 0 spiro atoms. The molecule has 116 valence electrons. The standard InChI is InChI=1S/C18H22N2O2/c1-12-6-8-17(14(3)9-12)22-11-15-7-5-13(2)10-16(15)20-18(21)19-4/h5-10H,11H2,1-4H3,(H2,19,20,21). The number of benzene rings is 2. The Morgan fingerprint density at radius 3 is 2.41 bits per heavy atom. The van der Waals surface area contributed by atoms with E-state index in [4.69, 9.17) is 4.74 Å². The molecule has 0 aliphatic rings. The van der Waals surface area contributed by atoms with Gasteiger partial charge >= 0.3 is 6.03 Å². The molecule has 0 saturated carbocycles. The maximum atomic E-state index is 11.5. The van der Waals surface area contributed by atoms with E-state index in [0.717, 1.165) is 28.1 Å². The molecule has 4 heteroatoms. The Labute approximate surface area is 131 Å². The van der Waals surface area contributed by atoms with Crippen molar-refractivity contribution in [1.29, 1.82) is 0 Å². The predicted octanol–water partition coefficient (Wildman–Crippen LogP) is 3.94. The van der Waals surface area contributed by atoms with Gasteiger partial charge in [-0.3, -0.25) is 0 Å². The summed E-state index contributed by atoms with van der Waals surface area (Å²) < 4.78 is 5.90. The summed E-state index contributed by atoms with van der Waals surface area (Å²) in [7, 11) is 1.59. The van der Waals surface area contributed by atoms with E-state index in [0.29, 0.717) is 6.61 Å². The second-order valence-electron chi connectivity index (χ2n) is 5.42. The predicted molar refractivity (Wildman–Crippen MR) is 89.5 cm³/mol. The molecule has 2 amide bonds. The molecule has 0 saturated heterocycles. The summed E-state index contributed by atoms with van der Waals surface area (Å²) in [5.41, 5.74) is 5.11. The highest BCUT2D eigenvalue weighted by Crippen LogP contribution is 2.23. The summed E-state index contributed by atoms with van der Waals surface area (Å²) in [4.78, 5) is 11.5. The summed E-state index contributed by atoms with van der Waals surface area (Å²) in [5.74, 6) is 0.858. The molecule has 22 heavy (non-hydrogen) atoms. The van der Waals surface area contributed by atoms with Gasteiger partial charge in [-0.15, -0.1) is 0 Å². The number of hydrogen-bond donors (Lipinski definition) is 2. The number of nitrogens with one attached hydrogen (secondary N) is 2. The maximum Gasteiger partial charge on any atom is 0.318 e. The first-order valence-corrected chi connectivity index (χ1v) is 7.28. The molecule has 2 rings (SSSR count). The van der Waals surface area contributed by atoms with Crippen molar-refractivity contribution in [2.45, 2.75) is 27.4 Å². The van der Waals surface area contributed by atoms with Crippen LogP contribution in [-0.2, 0) is 6.61 Å². The van der Waals surface area contributed by atoms with E-state index in [1.54, 1.807) is 7.05 Å². The average molecular weight is 298 g/mol. The topological polar surface area (TPSA) is 50.4 Å². The Bertz CT molecular complexity index is 681. The highest BCUT2D eigenvalue weighted by atomic mass is 16.5. The number of amides is 2. The zero-order chi connectivity index (χ0) is 16.1. The highest BCUT2D eigenvalue weighted by Gasteiger charge is 2.08. The lowest BCUT2D eigenvalue weighted by Crippen LogP contribution is -2.25. The minimum atomic E-state index is -0.238. The molecule has 0 atom stereocenters. The van der Waals surface area contributed by atoms with Crippen LogP contribution in [0.15, 0.2) is 36.4 Å². The molecule has 2 aromatic carbocycles. The van der Waals surface area contributed by atoms with Gasteiger partial charge in [0.15, 0.2) is 0 Å². The summed E-state index contributed by atoms with van der Waals surface area (Å²) in [6.07, 6.45) is 0. The third kappa shape index (κ3) is 4.01. The van der Waals surface area contributed by atoms with Gasteiger partial charge in [-0.25, -0.2) is 4.79 Å². The van der Waals surface area contributed by atoms with Crippen molar-refractivity contribution in [3.63, 3.8) is 0 Å². The van der Waals surface area contributed by atoms with Gasteiger partial charge in [0.25, 0.3) is 0 Å². The third-order valence-electron chi connectivity index (χ3n) is 3.45. The van der Waals surface area contributed by atoms with Gasteiger partial charge in [-0.05, 0) is 44.0 Å². The van der Waals surface area contributed by atoms with E-state index in [-0.39, 0.29) is 6.03 Å². The summed E-state index contributed by atoms with van der Waals surface area (Å²) in [6.45, 7) is 6.48. The molecule has 4 nitrogen and oxygen atoms in total. The number of carbonyl (C=O) groups is 1. The number of hydrogen-bond acceptors (Lipinski definition) is 2. The van der Waals surface area contributed by atoms with Crippen molar-refractivity contribution in [3.8, 4) is 5.75 Å². The third-order valence-corrected chi connectivity index (χ3v) is 3.45. The molecular weight excluding hydrogens is 276 g/mol. The Hall–Kier alpha value is -2.49. The van der Waals surface area contributed by atoms with Crippen LogP contribution in [0, 0.1) is 20.8 Å². The molecular formula is C18H22N2O2. The molecule has 0 bridgehead atoms. The second kappa shape index (κ2) is 6.98. The lowest BCUT2D eigenvalue weighted by Gasteiger charge is -2.14. The fourth-order valence-corrected chi connectivity index (χ4v) is 2.23. The highest BCUT2D eigenvalue weighted by molar-refractivity contribution is 5.90. The van der Waals surface area contributed by atoms with E-state index in [1.807, 2.05) is 44.2 Å². The first-order chi connectivity index (χ1) is 10.5. The van der Waals surface area contributed by atoms with Crippen LogP contribution in [-0.4, -0.2) is 13.1 Å². The van der Waals surface area contributed by atoms with Crippen LogP contribution < -0.4 is 15.4 Å². The largest absolute Gasteiger partial charge is 0.489 e. The lowest BCUT2D eigenvalue weighted by molar-refractivity contribution is 0.254. The summed E-state index contributed by atoms with van der Waals surface area (Å²) >= 11 is 0. The Morgan fingerprint density at radius 1 is 1.05 bits per heavy atom. The van der Waals surface area contributed by atoms with Crippen molar-refractivity contribution >= 4 is 11.7 Å². The minimum Gasteiger partial charge on any atom is -0.489 e. The Kier molecular flexibility index (Phi) is 5.04. The molecule has 0 aliphatic heterocycles. The minimum absolute atomic E-state index is 0.238. The lowest BCUT2D eigenvalue weighted by atomic mass is 10.1. The fraction of sp³-hybridized carbons (Fsp3) is 0.278. The zero-order valence-corrected chi connectivity index (χ0v) is 13.5. The van der Waals surface area contributed by atoms with E-state index >= 15 is 0 Å². The molecule has 0 fully saturated rings. The maximum absolute atomic E-state index is 11.5. The van der Waals surface area contributed by atoms with Crippen LogP contribution in [0.1, 0.15) is 22.3 Å². The number of urea groups is 1. The summed E-state index contributed by atoms with van der Waals surface area (Å²) in [5, 5.41) is 5.39. The fourth-order valence-electron chi connectivity index (χ4n) is 2.23. The number of ether oxygens (including phenoxy) is 1. The van der Waals surface area contributed by atoms with Gasteiger partial charge in [-0.2, -0.15) is 0 Å². The van der Waals surface area contributed by atoms with Gasteiger partial charge in [0.05, 0.1) is 0 Å². The van der Waals surface area contributed by atoms with Crippen molar-refractivity contribution in [2.75, 3.05) is 12.4 Å². The van der Waals surface area contributed by atoms with E-state index in [1.165, 1.54) is 5.56 Å². The van der Waals surface area contributed by atoms with Gasteiger partial charge in [0, 0.05) is 18.3 Å². The van der Waals surface area contributed by atoms with Gasteiger partial charge in [0.2, 0.25) is 0 Å². The van der Waals surface area contributed by atoms with Crippen molar-refractivity contribution < 1.29 is 9.53 Å². The van der Waals surface area contributed by atoms with Gasteiger partial charge in [-0.1, -0.05) is 29.8 Å². The van der Waals surface area contributed by atoms with Crippen LogP contribution in [0.5, 0.6) is 5.75 Å². The quantitative estimate of drug-likeness (QED) is 0.898. The van der Waals surface area contributed by atoms with Gasteiger partial charge in [0.1, 0.15) is 12.4 Å². The van der Waals surface area contributed by atoms with Crippen molar-refractivity contribution in [3.05, 3.63) is 58.7 Å². The number of anilines is 1. The van der Waals surface area contributed by atoms with E-state index in [2.05, 4.69) is 23.6 Å². The Morgan fingerprint density at radius 2 is 1.73 bits per heavy atom. The molecule has 0 aromatic heterocycles. The van der Waals surface area contributed by atoms with Crippen molar-refractivity contribution in [1.82, 2.24) is 5.32 Å². The molecule has 0 heterocycles. The first-order valence-electron chi connectivity index (χ1n) is 7.28. The van der Waals surface area contributed by atoms with Crippen LogP contribution in [0.2, 0.25) is 0 Å². The molecule has 0 unspecified atom stereocenters. The second-order valence-corrected chi connectivity index (χ2v) is 5.42. The normalized spacial score (nSPS) is 10.2. The smallest absolute Gasteiger partial charge is 0.318 e. The van der Waals surface area contributed by atoms with Crippen LogP contribution >= 0.6 is 0 Å². The molecule has 2 N–H and O–H groups in total. The zero-order valence-electron chi connectivity index (χ0n) is 13.5. The molecule has 2 aromatic rings. The number of aryl methyl sites for hydroxylation is 3. The van der Waals surface area contributed by atoms with E-state index in [9.17, 15) is 4.79 Å². The van der Waals surface area contributed by atoms with Crippen LogP contribution in [0.25, 0.3) is 0 Å². The van der Waals surface area contributed by atoms with Crippen LogP contribution in [0.4, 0.5) is 10.5 Å². The van der Waals surface area contributed by atoms with E-state index < -0.39 is 0 Å². The Balaban J connectivity index is 2.16. The molecule has 0 radical (unpaired) electrons. The monoisotopic (exact) mass is 298 g/mol.